The van der Waals surface area contributed by atoms with Crippen LogP contribution in [0.4, 0.5) is 0 Å². The molecule has 0 aliphatic rings. The molecule has 0 radical (unpaired) electrons. The zero-order valence-electron chi connectivity index (χ0n) is 6.45. The number of rotatable bonds is 6. The van der Waals surface area contributed by atoms with E-state index < -0.39 is 12.0 Å². The topological polar surface area (TPSA) is 72.5 Å². The van der Waals surface area contributed by atoms with Crippen molar-refractivity contribution in [3.63, 3.8) is 0 Å². The van der Waals surface area contributed by atoms with Gasteiger partial charge in [-0.25, -0.2) is 0 Å². The Labute approximate surface area is 70.1 Å². The summed E-state index contributed by atoms with van der Waals surface area (Å²) in [5, 5.41) is 8.36. The van der Waals surface area contributed by atoms with E-state index in [9.17, 15) is 4.79 Å². The number of carbonyl (C=O) groups is 1. The van der Waals surface area contributed by atoms with Crippen molar-refractivity contribution in [2.45, 2.75) is 13.0 Å². The van der Waals surface area contributed by atoms with E-state index in [1.807, 2.05) is 6.92 Å². The third-order valence-corrected chi connectivity index (χ3v) is 1.91. The number of hydrogen-bond acceptors (Lipinski definition) is 4. The summed E-state index contributed by atoms with van der Waals surface area (Å²) in [5.74, 6) is -0.0544. The fourth-order valence-electron chi connectivity index (χ4n) is 0.389. The second-order valence-corrected chi connectivity index (χ2v) is 2.90. The molecule has 0 spiro atoms. The van der Waals surface area contributed by atoms with Crippen LogP contribution in [0.25, 0.3) is 0 Å². The lowest BCUT2D eigenvalue weighted by atomic mass is 10.4. The predicted octanol–water partition coefficient (Wildman–Crippen LogP) is 0.126. The largest absolute Gasteiger partial charge is 0.480 e. The van der Waals surface area contributed by atoms with Crippen LogP contribution in [0.2, 0.25) is 0 Å². The fraction of sp³-hybridized carbons (Fsp3) is 0.833. The van der Waals surface area contributed by atoms with Crippen LogP contribution in [0.3, 0.4) is 0 Å². The summed E-state index contributed by atoms with van der Waals surface area (Å²) in [6.07, 6.45) is 0. The SMILES string of the molecule is CCOCSC[C@H](N)C(=O)O. The van der Waals surface area contributed by atoms with Gasteiger partial charge in [-0.1, -0.05) is 0 Å². The summed E-state index contributed by atoms with van der Waals surface area (Å²) < 4.78 is 4.98. The number of aliphatic carboxylic acids is 1. The Hall–Kier alpha value is -0.260. The molecule has 0 heterocycles. The van der Waals surface area contributed by atoms with E-state index in [0.29, 0.717) is 18.3 Å². The molecule has 0 aromatic carbocycles. The fourth-order valence-corrected chi connectivity index (χ4v) is 1.17. The van der Waals surface area contributed by atoms with Crippen LogP contribution in [0.1, 0.15) is 6.92 Å². The molecular weight excluding hydrogens is 166 g/mol. The average Bonchev–Trinajstić information content (AvgIpc) is 1.97. The molecule has 0 unspecified atom stereocenters. The maximum Gasteiger partial charge on any atom is 0.321 e. The summed E-state index contributed by atoms with van der Waals surface area (Å²) in [5.41, 5.74) is 5.22. The molecule has 1 atom stereocenters. The minimum Gasteiger partial charge on any atom is -0.480 e. The highest BCUT2D eigenvalue weighted by molar-refractivity contribution is 7.99. The molecule has 0 aliphatic heterocycles. The van der Waals surface area contributed by atoms with Gasteiger partial charge >= 0.3 is 5.97 Å². The van der Waals surface area contributed by atoms with Gasteiger partial charge in [-0.15, -0.1) is 11.8 Å². The van der Waals surface area contributed by atoms with Crippen molar-refractivity contribution < 1.29 is 14.6 Å². The second-order valence-electron chi connectivity index (χ2n) is 1.93. The van der Waals surface area contributed by atoms with E-state index >= 15 is 0 Å². The summed E-state index contributed by atoms with van der Waals surface area (Å²) in [6.45, 7) is 2.53. The molecule has 0 aromatic heterocycles. The molecule has 0 bridgehead atoms. The van der Waals surface area contributed by atoms with Crippen LogP contribution >= 0.6 is 11.8 Å². The van der Waals surface area contributed by atoms with Gasteiger partial charge in [-0.2, -0.15) is 0 Å². The van der Waals surface area contributed by atoms with Crippen LogP contribution in [0.15, 0.2) is 0 Å². The Bertz CT molecular complexity index is 120. The molecule has 0 aliphatic carbocycles. The van der Waals surface area contributed by atoms with Crippen LogP contribution in [-0.4, -0.2) is 35.4 Å². The standard InChI is InChI=1S/C6H13NO3S/c1-2-10-4-11-3-5(7)6(8)9/h5H,2-4,7H2,1H3,(H,8,9)/t5-/m0/s1. The smallest absolute Gasteiger partial charge is 0.321 e. The van der Waals surface area contributed by atoms with E-state index in [0.717, 1.165) is 0 Å². The van der Waals surface area contributed by atoms with Crippen molar-refractivity contribution in [2.24, 2.45) is 5.73 Å². The molecule has 0 aromatic rings. The van der Waals surface area contributed by atoms with Gasteiger partial charge < -0.3 is 15.6 Å². The van der Waals surface area contributed by atoms with E-state index in [2.05, 4.69) is 0 Å². The third kappa shape index (κ3) is 6.15. The van der Waals surface area contributed by atoms with Gasteiger partial charge in [-0.3, -0.25) is 4.79 Å². The molecule has 0 rings (SSSR count). The first-order valence-corrected chi connectivity index (χ1v) is 4.47. The molecule has 0 amide bonds. The van der Waals surface area contributed by atoms with Gasteiger partial charge in [0.15, 0.2) is 0 Å². The van der Waals surface area contributed by atoms with E-state index in [4.69, 9.17) is 15.6 Å². The average molecular weight is 179 g/mol. The van der Waals surface area contributed by atoms with Gasteiger partial charge in [-0.05, 0) is 6.92 Å². The first-order chi connectivity index (χ1) is 5.18. The van der Waals surface area contributed by atoms with Gasteiger partial charge in [0, 0.05) is 12.4 Å². The van der Waals surface area contributed by atoms with Crippen LogP contribution in [-0.2, 0) is 9.53 Å². The quantitative estimate of drug-likeness (QED) is 0.448. The highest BCUT2D eigenvalue weighted by Crippen LogP contribution is 2.01. The maximum atomic E-state index is 10.2. The lowest BCUT2D eigenvalue weighted by molar-refractivity contribution is -0.137. The molecule has 5 heteroatoms. The predicted molar refractivity (Wildman–Crippen MR) is 44.6 cm³/mol. The number of ether oxygens (including phenoxy) is 1. The molecular formula is C6H13NO3S. The van der Waals surface area contributed by atoms with Crippen molar-refractivity contribution in [3.05, 3.63) is 0 Å². The normalized spacial score (nSPS) is 12.9. The Morgan fingerprint density at radius 1 is 1.82 bits per heavy atom. The van der Waals surface area contributed by atoms with E-state index in [1.54, 1.807) is 0 Å². The number of thioether (sulfide) groups is 1. The van der Waals surface area contributed by atoms with Crippen LogP contribution in [0.5, 0.6) is 0 Å². The van der Waals surface area contributed by atoms with E-state index in [1.165, 1.54) is 11.8 Å². The molecule has 0 fully saturated rings. The van der Waals surface area contributed by atoms with E-state index in [-0.39, 0.29) is 0 Å². The summed E-state index contributed by atoms with van der Waals surface area (Å²) in [4.78, 5) is 10.2. The lowest BCUT2D eigenvalue weighted by Gasteiger charge is -2.04. The Morgan fingerprint density at radius 3 is 2.91 bits per heavy atom. The Morgan fingerprint density at radius 2 is 2.45 bits per heavy atom. The maximum absolute atomic E-state index is 10.2. The van der Waals surface area contributed by atoms with Gasteiger partial charge in [0.1, 0.15) is 6.04 Å². The minimum atomic E-state index is -0.964. The highest BCUT2D eigenvalue weighted by Gasteiger charge is 2.09. The van der Waals surface area contributed by atoms with Gasteiger partial charge in [0.2, 0.25) is 0 Å². The number of carboxylic acids is 1. The first kappa shape index (κ1) is 10.7. The summed E-state index contributed by atoms with van der Waals surface area (Å²) in [6, 6.07) is -0.777. The Balaban J connectivity index is 3.17. The van der Waals surface area contributed by atoms with Crippen molar-refractivity contribution in [2.75, 3.05) is 18.3 Å². The highest BCUT2D eigenvalue weighted by atomic mass is 32.2. The van der Waals surface area contributed by atoms with Crippen molar-refractivity contribution in [3.8, 4) is 0 Å². The number of hydrogen-bond donors (Lipinski definition) is 2. The van der Waals surface area contributed by atoms with Crippen molar-refractivity contribution in [1.29, 1.82) is 0 Å². The Kier molecular flexibility index (Phi) is 6.30. The molecule has 11 heavy (non-hydrogen) atoms. The van der Waals surface area contributed by atoms with Crippen molar-refractivity contribution >= 4 is 17.7 Å². The van der Waals surface area contributed by atoms with Crippen LogP contribution in [0, 0.1) is 0 Å². The lowest BCUT2D eigenvalue weighted by Crippen LogP contribution is -2.32. The third-order valence-electron chi connectivity index (χ3n) is 0.985. The van der Waals surface area contributed by atoms with Crippen molar-refractivity contribution in [1.82, 2.24) is 0 Å². The van der Waals surface area contributed by atoms with Crippen LogP contribution < -0.4 is 5.73 Å². The molecule has 3 N–H and O–H groups in total. The minimum absolute atomic E-state index is 0.398. The second kappa shape index (κ2) is 6.45. The zero-order valence-corrected chi connectivity index (χ0v) is 7.26. The molecule has 66 valence electrons. The summed E-state index contributed by atoms with van der Waals surface area (Å²) in [7, 11) is 0. The zero-order chi connectivity index (χ0) is 8.69. The number of carboxylic acid groups (broad SMARTS) is 1. The summed E-state index contributed by atoms with van der Waals surface area (Å²) >= 11 is 1.39. The van der Waals surface area contributed by atoms with Gasteiger partial charge in [0.25, 0.3) is 0 Å². The monoisotopic (exact) mass is 179 g/mol. The molecule has 4 nitrogen and oxygen atoms in total. The van der Waals surface area contributed by atoms with Gasteiger partial charge in [0.05, 0.1) is 5.94 Å². The molecule has 0 saturated carbocycles. The number of nitrogens with two attached hydrogens (primary N) is 1. The molecule has 0 saturated heterocycles. The first-order valence-electron chi connectivity index (χ1n) is 3.32.